The predicted molar refractivity (Wildman–Crippen MR) is 99.8 cm³/mol. The number of rotatable bonds is 7. The fraction of sp³-hybridized carbons (Fsp3) is 0.579. The standard InChI is InChI=1S/C19H29N3O3/c1-4-22(5-2)17-8-6-16(7-9-17)21-18(23)14(3)20-19(24)15-10-12-25-13-11-15/h6-9,14-15H,4-5,10-13H2,1-3H3,(H,20,24)(H,21,23)/t14-/m0/s1. The molecule has 1 heterocycles. The van der Waals surface area contributed by atoms with E-state index in [0.717, 1.165) is 24.5 Å². The van der Waals surface area contributed by atoms with Crippen molar-refractivity contribution in [1.29, 1.82) is 0 Å². The van der Waals surface area contributed by atoms with E-state index in [-0.39, 0.29) is 17.7 Å². The first-order chi connectivity index (χ1) is 12.0. The summed E-state index contributed by atoms with van der Waals surface area (Å²) < 4.78 is 5.26. The van der Waals surface area contributed by atoms with Crippen LogP contribution in [0.25, 0.3) is 0 Å². The summed E-state index contributed by atoms with van der Waals surface area (Å²) in [6.45, 7) is 9.03. The number of ether oxygens (including phenoxy) is 1. The van der Waals surface area contributed by atoms with Crippen LogP contribution in [0.15, 0.2) is 24.3 Å². The smallest absolute Gasteiger partial charge is 0.246 e. The molecule has 1 aliphatic rings. The molecular formula is C19H29N3O3. The third-order valence-corrected chi connectivity index (χ3v) is 4.61. The molecule has 2 rings (SSSR count). The largest absolute Gasteiger partial charge is 0.381 e. The van der Waals surface area contributed by atoms with Crippen LogP contribution in [0.3, 0.4) is 0 Å². The topological polar surface area (TPSA) is 70.7 Å². The predicted octanol–water partition coefficient (Wildman–Crippen LogP) is 2.40. The normalized spacial score (nSPS) is 16.1. The summed E-state index contributed by atoms with van der Waals surface area (Å²) in [6.07, 6.45) is 1.43. The molecule has 0 radical (unpaired) electrons. The van der Waals surface area contributed by atoms with Crippen LogP contribution < -0.4 is 15.5 Å². The number of hydrogen-bond donors (Lipinski definition) is 2. The van der Waals surface area contributed by atoms with Crippen molar-refractivity contribution in [3.63, 3.8) is 0 Å². The first kappa shape index (κ1) is 19.2. The van der Waals surface area contributed by atoms with Gasteiger partial charge in [-0.2, -0.15) is 0 Å². The van der Waals surface area contributed by atoms with E-state index >= 15 is 0 Å². The summed E-state index contributed by atoms with van der Waals surface area (Å²) in [5, 5.41) is 5.66. The molecule has 6 heteroatoms. The summed E-state index contributed by atoms with van der Waals surface area (Å²) in [6, 6.07) is 7.19. The SMILES string of the molecule is CCN(CC)c1ccc(NC(=O)[C@H](C)NC(=O)C2CCOCC2)cc1. The van der Waals surface area contributed by atoms with Crippen LogP contribution in [-0.4, -0.2) is 44.2 Å². The van der Waals surface area contributed by atoms with Crippen LogP contribution in [-0.2, 0) is 14.3 Å². The van der Waals surface area contributed by atoms with Gasteiger partial charge in [0.05, 0.1) is 0 Å². The lowest BCUT2D eigenvalue weighted by Gasteiger charge is -2.23. The fourth-order valence-corrected chi connectivity index (χ4v) is 2.95. The van der Waals surface area contributed by atoms with E-state index in [2.05, 4.69) is 29.4 Å². The first-order valence-corrected chi connectivity index (χ1v) is 9.09. The maximum atomic E-state index is 12.3. The monoisotopic (exact) mass is 347 g/mol. The van der Waals surface area contributed by atoms with Crippen LogP contribution in [0.2, 0.25) is 0 Å². The molecule has 0 saturated carbocycles. The highest BCUT2D eigenvalue weighted by Crippen LogP contribution is 2.18. The Hall–Kier alpha value is -2.08. The molecule has 2 amide bonds. The van der Waals surface area contributed by atoms with Gasteiger partial charge in [-0.1, -0.05) is 0 Å². The van der Waals surface area contributed by atoms with Gasteiger partial charge in [-0.25, -0.2) is 0 Å². The molecule has 1 aromatic rings. The van der Waals surface area contributed by atoms with Crippen LogP contribution in [0.5, 0.6) is 0 Å². The third kappa shape index (κ3) is 5.46. The van der Waals surface area contributed by atoms with Crippen LogP contribution in [0.1, 0.15) is 33.6 Å². The van der Waals surface area contributed by atoms with Crippen molar-refractivity contribution in [1.82, 2.24) is 5.32 Å². The van der Waals surface area contributed by atoms with Gasteiger partial charge < -0.3 is 20.3 Å². The zero-order valence-electron chi connectivity index (χ0n) is 15.4. The molecule has 0 unspecified atom stereocenters. The molecule has 1 aliphatic heterocycles. The van der Waals surface area contributed by atoms with E-state index in [1.54, 1.807) is 6.92 Å². The number of nitrogens with one attached hydrogen (secondary N) is 2. The molecule has 0 bridgehead atoms. The van der Waals surface area contributed by atoms with Crippen molar-refractivity contribution in [2.24, 2.45) is 5.92 Å². The van der Waals surface area contributed by atoms with E-state index in [0.29, 0.717) is 26.1 Å². The summed E-state index contributed by atoms with van der Waals surface area (Å²) in [4.78, 5) is 26.7. The molecule has 1 saturated heterocycles. The van der Waals surface area contributed by atoms with Crippen LogP contribution in [0, 0.1) is 5.92 Å². The highest BCUT2D eigenvalue weighted by molar-refractivity contribution is 5.97. The maximum absolute atomic E-state index is 12.3. The summed E-state index contributed by atoms with van der Waals surface area (Å²) in [5.74, 6) is -0.337. The van der Waals surface area contributed by atoms with E-state index in [1.807, 2.05) is 24.3 Å². The second kappa shape index (κ2) is 9.42. The van der Waals surface area contributed by atoms with Crippen molar-refractivity contribution >= 4 is 23.2 Å². The molecule has 0 aromatic heterocycles. The van der Waals surface area contributed by atoms with Gasteiger partial charge in [0, 0.05) is 43.6 Å². The summed E-state index contributed by atoms with van der Waals surface area (Å²) in [5.41, 5.74) is 1.86. The highest BCUT2D eigenvalue weighted by Gasteiger charge is 2.24. The Balaban J connectivity index is 1.86. The maximum Gasteiger partial charge on any atom is 0.246 e. The zero-order valence-corrected chi connectivity index (χ0v) is 15.4. The molecule has 25 heavy (non-hydrogen) atoms. The van der Waals surface area contributed by atoms with Crippen molar-refractivity contribution in [2.45, 2.75) is 39.7 Å². The zero-order chi connectivity index (χ0) is 18.2. The Kier molecular flexibility index (Phi) is 7.25. The van der Waals surface area contributed by atoms with E-state index in [4.69, 9.17) is 4.74 Å². The molecule has 138 valence electrons. The van der Waals surface area contributed by atoms with Crippen LogP contribution >= 0.6 is 0 Å². The van der Waals surface area contributed by atoms with Gasteiger partial charge in [-0.3, -0.25) is 9.59 Å². The van der Waals surface area contributed by atoms with Crippen molar-refractivity contribution in [2.75, 3.05) is 36.5 Å². The Labute approximate surface area is 149 Å². The minimum atomic E-state index is -0.571. The Bertz CT molecular complexity index is 564. The van der Waals surface area contributed by atoms with E-state index in [1.165, 1.54) is 0 Å². The number of carbonyl (C=O) groups excluding carboxylic acids is 2. The third-order valence-electron chi connectivity index (χ3n) is 4.61. The molecule has 1 aromatic carbocycles. The number of hydrogen-bond acceptors (Lipinski definition) is 4. The minimum absolute atomic E-state index is 0.0580. The summed E-state index contributed by atoms with van der Waals surface area (Å²) >= 11 is 0. The van der Waals surface area contributed by atoms with Gasteiger partial charge in [0.1, 0.15) is 6.04 Å². The Morgan fingerprint density at radius 1 is 1.16 bits per heavy atom. The Morgan fingerprint density at radius 3 is 2.32 bits per heavy atom. The van der Waals surface area contributed by atoms with Crippen LogP contribution in [0.4, 0.5) is 11.4 Å². The van der Waals surface area contributed by atoms with E-state index < -0.39 is 6.04 Å². The number of nitrogens with zero attached hydrogens (tertiary/aromatic N) is 1. The van der Waals surface area contributed by atoms with Gasteiger partial charge in [0.25, 0.3) is 0 Å². The number of benzene rings is 1. The van der Waals surface area contributed by atoms with E-state index in [9.17, 15) is 9.59 Å². The van der Waals surface area contributed by atoms with Gasteiger partial charge in [-0.15, -0.1) is 0 Å². The molecule has 6 nitrogen and oxygen atoms in total. The lowest BCUT2D eigenvalue weighted by atomic mass is 9.99. The van der Waals surface area contributed by atoms with Crippen molar-refractivity contribution < 1.29 is 14.3 Å². The quantitative estimate of drug-likeness (QED) is 0.795. The number of anilines is 2. The number of amides is 2. The number of carbonyl (C=O) groups is 2. The summed E-state index contributed by atoms with van der Waals surface area (Å²) in [7, 11) is 0. The molecule has 0 spiro atoms. The molecule has 0 aliphatic carbocycles. The Morgan fingerprint density at radius 2 is 1.76 bits per heavy atom. The van der Waals surface area contributed by atoms with Gasteiger partial charge in [0.2, 0.25) is 11.8 Å². The second-order valence-electron chi connectivity index (χ2n) is 6.33. The highest BCUT2D eigenvalue weighted by atomic mass is 16.5. The van der Waals surface area contributed by atoms with Crippen molar-refractivity contribution in [3.05, 3.63) is 24.3 Å². The minimum Gasteiger partial charge on any atom is -0.381 e. The molecule has 1 atom stereocenters. The van der Waals surface area contributed by atoms with Gasteiger partial charge in [0.15, 0.2) is 0 Å². The lowest BCUT2D eigenvalue weighted by molar-refractivity contribution is -0.131. The average Bonchev–Trinajstić information content (AvgIpc) is 2.64. The second-order valence-corrected chi connectivity index (χ2v) is 6.33. The molecular weight excluding hydrogens is 318 g/mol. The molecule has 2 N–H and O–H groups in total. The van der Waals surface area contributed by atoms with Gasteiger partial charge in [-0.05, 0) is 57.9 Å². The lowest BCUT2D eigenvalue weighted by Crippen LogP contribution is -2.45. The van der Waals surface area contributed by atoms with Crippen molar-refractivity contribution in [3.8, 4) is 0 Å². The molecule has 1 fully saturated rings. The fourth-order valence-electron chi connectivity index (χ4n) is 2.95. The average molecular weight is 347 g/mol. The first-order valence-electron chi connectivity index (χ1n) is 9.09. The van der Waals surface area contributed by atoms with Gasteiger partial charge >= 0.3 is 0 Å².